The van der Waals surface area contributed by atoms with Gasteiger partial charge in [-0.05, 0) is 12.1 Å². The molecule has 3 nitrogen and oxygen atoms in total. The second kappa shape index (κ2) is 4.62. The van der Waals surface area contributed by atoms with Gasteiger partial charge in [-0.1, -0.05) is 6.07 Å². The van der Waals surface area contributed by atoms with Gasteiger partial charge in [0.15, 0.2) is 0 Å². The number of nitrogens with two attached hydrogens (primary N) is 1. The number of anilines is 1. The third-order valence-corrected chi connectivity index (χ3v) is 1.43. The van der Waals surface area contributed by atoms with Crippen molar-refractivity contribution >= 4 is 5.69 Å². The van der Waals surface area contributed by atoms with Gasteiger partial charge in [-0.3, -0.25) is 0 Å². The van der Waals surface area contributed by atoms with Crippen LogP contribution < -0.4 is 10.5 Å². The van der Waals surface area contributed by atoms with Crippen molar-refractivity contribution in [3.63, 3.8) is 0 Å². The number of aliphatic hydroxyl groups excluding tert-OH is 1. The molecule has 0 radical (unpaired) electrons. The molecular formula is C9H13NO2. The summed E-state index contributed by atoms with van der Waals surface area (Å²) in [7, 11) is 0. The number of nitrogen functional groups attached to an aromatic ring is 1. The lowest BCUT2D eigenvalue weighted by molar-refractivity contribution is 0.233. The number of hydrogen-bond donors (Lipinski definition) is 2. The molecule has 0 unspecified atom stereocenters. The van der Waals surface area contributed by atoms with Gasteiger partial charge >= 0.3 is 0 Å². The van der Waals surface area contributed by atoms with Crippen molar-refractivity contribution in [2.75, 3.05) is 18.9 Å². The first kappa shape index (κ1) is 8.87. The molecule has 0 bridgehead atoms. The Hall–Kier alpha value is -1.22. The van der Waals surface area contributed by atoms with Crippen molar-refractivity contribution in [3.8, 4) is 5.75 Å². The second-order valence-corrected chi connectivity index (χ2v) is 2.50. The summed E-state index contributed by atoms with van der Waals surface area (Å²) in [5, 5.41) is 8.49. The van der Waals surface area contributed by atoms with Gasteiger partial charge in [0.05, 0.1) is 6.61 Å². The van der Waals surface area contributed by atoms with E-state index in [1.165, 1.54) is 0 Å². The third kappa shape index (κ3) is 2.80. The molecule has 0 aromatic heterocycles. The molecule has 0 aliphatic heterocycles. The molecule has 0 heterocycles. The fourth-order valence-corrected chi connectivity index (χ4v) is 0.859. The fraction of sp³-hybridized carbons (Fsp3) is 0.333. The van der Waals surface area contributed by atoms with Crippen molar-refractivity contribution in [2.45, 2.75) is 6.42 Å². The Labute approximate surface area is 71.8 Å². The van der Waals surface area contributed by atoms with Crippen LogP contribution in [0, 0.1) is 0 Å². The Kier molecular flexibility index (Phi) is 3.41. The Morgan fingerprint density at radius 3 is 2.92 bits per heavy atom. The van der Waals surface area contributed by atoms with Crippen LogP contribution in [-0.2, 0) is 0 Å². The Morgan fingerprint density at radius 1 is 1.42 bits per heavy atom. The molecule has 0 spiro atoms. The first-order valence-electron chi connectivity index (χ1n) is 3.92. The van der Waals surface area contributed by atoms with E-state index >= 15 is 0 Å². The van der Waals surface area contributed by atoms with Gasteiger partial charge in [0, 0.05) is 24.8 Å². The van der Waals surface area contributed by atoms with E-state index in [0.717, 1.165) is 5.75 Å². The number of benzene rings is 1. The summed E-state index contributed by atoms with van der Waals surface area (Å²) in [4.78, 5) is 0. The summed E-state index contributed by atoms with van der Waals surface area (Å²) >= 11 is 0. The Balaban J connectivity index is 2.41. The maximum atomic E-state index is 8.49. The first-order chi connectivity index (χ1) is 5.83. The van der Waals surface area contributed by atoms with E-state index in [0.29, 0.717) is 18.7 Å². The van der Waals surface area contributed by atoms with E-state index < -0.39 is 0 Å². The van der Waals surface area contributed by atoms with Crippen molar-refractivity contribution in [1.82, 2.24) is 0 Å². The lowest BCUT2D eigenvalue weighted by Gasteiger charge is -2.04. The molecule has 1 aromatic carbocycles. The SMILES string of the molecule is Nc1cccc(OCCCO)c1. The minimum absolute atomic E-state index is 0.155. The number of aliphatic hydroxyl groups is 1. The maximum Gasteiger partial charge on any atom is 0.121 e. The highest BCUT2D eigenvalue weighted by atomic mass is 16.5. The van der Waals surface area contributed by atoms with Gasteiger partial charge in [-0.25, -0.2) is 0 Å². The molecule has 0 fully saturated rings. The van der Waals surface area contributed by atoms with Crippen molar-refractivity contribution < 1.29 is 9.84 Å². The zero-order valence-corrected chi connectivity index (χ0v) is 6.86. The molecule has 0 aliphatic carbocycles. The summed E-state index contributed by atoms with van der Waals surface area (Å²) in [5.41, 5.74) is 6.22. The van der Waals surface area contributed by atoms with Crippen LogP contribution in [0.2, 0.25) is 0 Å². The molecule has 66 valence electrons. The minimum Gasteiger partial charge on any atom is -0.493 e. The summed E-state index contributed by atoms with van der Waals surface area (Å²) in [6, 6.07) is 7.24. The molecule has 0 aliphatic rings. The molecule has 0 amide bonds. The van der Waals surface area contributed by atoms with E-state index in [1.807, 2.05) is 12.1 Å². The highest BCUT2D eigenvalue weighted by Gasteiger charge is 1.92. The van der Waals surface area contributed by atoms with Gasteiger partial charge in [0.1, 0.15) is 5.75 Å². The molecule has 3 heteroatoms. The van der Waals surface area contributed by atoms with Crippen LogP contribution in [0.4, 0.5) is 5.69 Å². The largest absolute Gasteiger partial charge is 0.493 e. The molecule has 1 rings (SSSR count). The highest BCUT2D eigenvalue weighted by molar-refractivity contribution is 5.43. The van der Waals surface area contributed by atoms with Gasteiger partial charge in [-0.2, -0.15) is 0 Å². The topological polar surface area (TPSA) is 55.5 Å². The molecular weight excluding hydrogens is 154 g/mol. The Morgan fingerprint density at radius 2 is 2.25 bits per heavy atom. The van der Waals surface area contributed by atoms with Crippen molar-refractivity contribution in [1.29, 1.82) is 0 Å². The van der Waals surface area contributed by atoms with Gasteiger partial charge in [0.2, 0.25) is 0 Å². The van der Waals surface area contributed by atoms with Crippen LogP contribution >= 0.6 is 0 Å². The normalized spacial score (nSPS) is 9.75. The predicted molar refractivity (Wildman–Crippen MR) is 48.1 cm³/mol. The smallest absolute Gasteiger partial charge is 0.121 e. The van der Waals surface area contributed by atoms with E-state index in [2.05, 4.69) is 0 Å². The first-order valence-corrected chi connectivity index (χ1v) is 3.92. The lowest BCUT2D eigenvalue weighted by Crippen LogP contribution is -1.99. The van der Waals surface area contributed by atoms with E-state index in [9.17, 15) is 0 Å². The molecule has 3 N–H and O–H groups in total. The molecule has 0 saturated heterocycles. The van der Waals surface area contributed by atoms with Gasteiger partial charge in [0.25, 0.3) is 0 Å². The quantitative estimate of drug-likeness (QED) is 0.520. The van der Waals surface area contributed by atoms with Crippen LogP contribution in [0.5, 0.6) is 5.75 Å². The van der Waals surface area contributed by atoms with E-state index in [-0.39, 0.29) is 6.61 Å². The average molecular weight is 167 g/mol. The number of hydrogen-bond acceptors (Lipinski definition) is 3. The zero-order valence-electron chi connectivity index (χ0n) is 6.86. The highest BCUT2D eigenvalue weighted by Crippen LogP contribution is 2.14. The van der Waals surface area contributed by atoms with Crippen LogP contribution in [0.25, 0.3) is 0 Å². The Bertz CT molecular complexity index is 238. The zero-order chi connectivity index (χ0) is 8.81. The number of ether oxygens (including phenoxy) is 1. The fourth-order valence-electron chi connectivity index (χ4n) is 0.859. The maximum absolute atomic E-state index is 8.49. The monoisotopic (exact) mass is 167 g/mol. The van der Waals surface area contributed by atoms with E-state index in [4.69, 9.17) is 15.6 Å². The van der Waals surface area contributed by atoms with Crippen LogP contribution in [0.15, 0.2) is 24.3 Å². The summed E-state index contributed by atoms with van der Waals surface area (Å²) in [5.74, 6) is 0.753. The summed E-state index contributed by atoms with van der Waals surface area (Å²) in [6.45, 7) is 0.683. The minimum atomic E-state index is 0.155. The van der Waals surface area contributed by atoms with Crippen LogP contribution in [-0.4, -0.2) is 18.3 Å². The van der Waals surface area contributed by atoms with E-state index in [1.54, 1.807) is 12.1 Å². The average Bonchev–Trinajstić information content (AvgIpc) is 2.05. The molecule has 12 heavy (non-hydrogen) atoms. The molecule has 1 aromatic rings. The summed E-state index contributed by atoms with van der Waals surface area (Å²) < 4.78 is 5.29. The second-order valence-electron chi connectivity index (χ2n) is 2.50. The molecule has 0 atom stereocenters. The standard InChI is InChI=1S/C9H13NO2/c10-8-3-1-4-9(7-8)12-6-2-5-11/h1,3-4,7,11H,2,5-6,10H2. The number of rotatable bonds is 4. The molecule has 0 saturated carbocycles. The van der Waals surface area contributed by atoms with Crippen molar-refractivity contribution in [2.24, 2.45) is 0 Å². The van der Waals surface area contributed by atoms with Gasteiger partial charge in [-0.15, -0.1) is 0 Å². The van der Waals surface area contributed by atoms with Crippen molar-refractivity contribution in [3.05, 3.63) is 24.3 Å². The van der Waals surface area contributed by atoms with Crippen LogP contribution in [0.3, 0.4) is 0 Å². The summed E-state index contributed by atoms with van der Waals surface area (Å²) in [6.07, 6.45) is 0.648. The van der Waals surface area contributed by atoms with Gasteiger partial charge < -0.3 is 15.6 Å². The lowest BCUT2D eigenvalue weighted by atomic mass is 10.3. The van der Waals surface area contributed by atoms with Crippen LogP contribution in [0.1, 0.15) is 6.42 Å². The predicted octanol–water partition coefficient (Wildman–Crippen LogP) is 1.03. The third-order valence-electron chi connectivity index (χ3n) is 1.43.